The average Bonchev–Trinajstić information content (AvgIpc) is 2.61. The van der Waals surface area contributed by atoms with Crippen molar-refractivity contribution in [2.75, 3.05) is 39.8 Å². The summed E-state index contributed by atoms with van der Waals surface area (Å²) in [6.07, 6.45) is 2.40. The third kappa shape index (κ3) is 1.99. The average molecular weight is 252 g/mol. The molecule has 3 rings (SSSR count). The Morgan fingerprint density at radius 2 is 1.78 bits per heavy atom. The second-order valence-corrected chi connectivity index (χ2v) is 5.56. The van der Waals surface area contributed by atoms with Gasteiger partial charge in [0.15, 0.2) is 0 Å². The maximum absolute atomic E-state index is 11.6. The van der Waals surface area contributed by atoms with Gasteiger partial charge in [-0.25, -0.2) is 4.79 Å². The number of carbonyl (C=O) groups is 2. The predicted molar refractivity (Wildman–Crippen MR) is 66.1 cm³/mol. The summed E-state index contributed by atoms with van der Waals surface area (Å²) in [6, 6.07) is 0.519. The predicted octanol–water partition coefficient (Wildman–Crippen LogP) is -0.683. The van der Waals surface area contributed by atoms with E-state index in [2.05, 4.69) is 22.2 Å². The lowest BCUT2D eigenvalue weighted by atomic mass is 9.97. The van der Waals surface area contributed by atoms with Crippen LogP contribution in [0, 0.1) is 0 Å². The second-order valence-electron chi connectivity index (χ2n) is 5.56. The molecule has 0 aromatic carbocycles. The fraction of sp³-hybridized carbons (Fsp3) is 0.833. The van der Waals surface area contributed by atoms with Gasteiger partial charge < -0.3 is 10.2 Å². The Bertz CT molecular complexity index is 343. The van der Waals surface area contributed by atoms with Crippen molar-refractivity contribution in [3.63, 3.8) is 0 Å². The summed E-state index contributed by atoms with van der Waals surface area (Å²) in [5.41, 5.74) is 0. The monoisotopic (exact) mass is 252 g/mol. The Morgan fingerprint density at radius 1 is 1.11 bits per heavy atom. The first-order chi connectivity index (χ1) is 8.65. The van der Waals surface area contributed by atoms with Crippen LogP contribution in [0.25, 0.3) is 0 Å². The van der Waals surface area contributed by atoms with Crippen molar-refractivity contribution in [2.24, 2.45) is 0 Å². The van der Waals surface area contributed by atoms with Gasteiger partial charge in [-0.1, -0.05) is 0 Å². The number of nitrogens with one attached hydrogen (secondary N) is 1. The Hall–Kier alpha value is -1.14. The first-order valence-electron chi connectivity index (χ1n) is 6.67. The van der Waals surface area contributed by atoms with Crippen LogP contribution in [-0.2, 0) is 4.79 Å². The van der Waals surface area contributed by atoms with E-state index in [1.165, 1.54) is 17.7 Å². The Labute approximate surface area is 107 Å². The summed E-state index contributed by atoms with van der Waals surface area (Å²) >= 11 is 0. The van der Waals surface area contributed by atoms with E-state index in [0.29, 0.717) is 6.04 Å². The summed E-state index contributed by atoms with van der Waals surface area (Å²) in [4.78, 5) is 29.2. The summed E-state index contributed by atoms with van der Waals surface area (Å²) in [7, 11) is 2.16. The van der Waals surface area contributed by atoms with Crippen LogP contribution in [0.15, 0.2) is 0 Å². The molecule has 0 aliphatic carbocycles. The van der Waals surface area contributed by atoms with Gasteiger partial charge in [0.05, 0.1) is 12.6 Å². The van der Waals surface area contributed by atoms with E-state index in [0.717, 1.165) is 26.2 Å². The van der Waals surface area contributed by atoms with Gasteiger partial charge in [0.25, 0.3) is 0 Å². The van der Waals surface area contributed by atoms with E-state index in [1.807, 2.05) is 0 Å². The summed E-state index contributed by atoms with van der Waals surface area (Å²) in [6.45, 7) is 4.18. The molecule has 3 amide bonds. The number of rotatable bonds is 2. The number of likely N-dealkylation sites (tertiary alicyclic amines) is 2. The zero-order valence-corrected chi connectivity index (χ0v) is 10.8. The van der Waals surface area contributed by atoms with Crippen LogP contribution in [-0.4, -0.2) is 78.5 Å². The second kappa shape index (κ2) is 4.51. The van der Waals surface area contributed by atoms with Crippen molar-refractivity contribution in [1.29, 1.82) is 0 Å². The lowest BCUT2D eigenvalue weighted by Crippen LogP contribution is -2.64. The fourth-order valence-corrected chi connectivity index (χ4v) is 3.11. The van der Waals surface area contributed by atoms with Crippen LogP contribution in [0.1, 0.15) is 12.8 Å². The zero-order chi connectivity index (χ0) is 12.7. The molecule has 0 bridgehead atoms. The number of nitrogens with zero attached hydrogens (tertiary/aromatic N) is 3. The Morgan fingerprint density at radius 3 is 2.33 bits per heavy atom. The maximum atomic E-state index is 11.6. The highest BCUT2D eigenvalue weighted by atomic mass is 16.2. The minimum atomic E-state index is -0.215. The maximum Gasteiger partial charge on any atom is 0.324 e. The molecule has 3 saturated heterocycles. The molecular weight excluding hydrogens is 232 g/mol. The van der Waals surface area contributed by atoms with Gasteiger partial charge in [-0.3, -0.25) is 14.6 Å². The first kappa shape index (κ1) is 11.9. The number of hydrogen-bond acceptors (Lipinski definition) is 4. The van der Waals surface area contributed by atoms with Crippen molar-refractivity contribution in [3.8, 4) is 0 Å². The van der Waals surface area contributed by atoms with Crippen LogP contribution < -0.4 is 5.32 Å². The van der Waals surface area contributed by atoms with Crippen LogP contribution >= 0.6 is 0 Å². The van der Waals surface area contributed by atoms with Crippen LogP contribution in [0.5, 0.6) is 0 Å². The van der Waals surface area contributed by atoms with Crippen LogP contribution in [0.4, 0.5) is 4.79 Å². The van der Waals surface area contributed by atoms with E-state index < -0.39 is 0 Å². The normalized spacial score (nSPS) is 28.6. The van der Waals surface area contributed by atoms with Gasteiger partial charge in [-0.2, -0.15) is 0 Å². The molecular formula is C12H20N4O2. The molecule has 6 nitrogen and oxygen atoms in total. The largest absolute Gasteiger partial charge is 0.329 e. The van der Waals surface area contributed by atoms with E-state index in [4.69, 9.17) is 0 Å². The number of imide groups is 1. The molecule has 0 spiro atoms. The third-order valence-electron chi connectivity index (χ3n) is 4.34. The molecule has 3 fully saturated rings. The van der Waals surface area contributed by atoms with E-state index in [9.17, 15) is 9.59 Å². The number of amides is 3. The first-order valence-corrected chi connectivity index (χ1v) is 6.67. The molecule has 0 saturated carbocycles. The topological polar surface area (TPSA) is 55.9 Å². The number of hydrogen-bond donors (Lipinski definition) is 1. The fourth-order valence-electron chi connectivity index (χ4n) is 3.11. The number of piperidine rings is 1. The highest BCUT2D eigenvalue weighted by molar-refractivity contribution is 6.02. The van der Waals surface area contributed by atoms with Crippen molar-refractivity contribution in [3.05, 3.63) is 0 Å². The molecule has 1 N–H and O–H groups in total. The smallest absolute Gasteiger partial charge is 0.324 e. The van der Waals surface area contributed by atoms with Crippen molar-refractivity contribution >= 4 is 11.9 Å². The molecule has 3 aliphatic rings. The molecule has 18 heavy (non-hydrogen) atoms. The molecule has 0 aromatic rings. The molecule has 3 aliphatic heterocycles. The molecule has 6 heteroatoms. The highest BCUT2D eigenvalue weighted by Gasteiger charge is 2.43. The van der Waals surface area contributed by atoms with E-state index in [1.54, 1.807) is 0 Å². The van der Waals surface area contributed by atoms with Crippen LogP contribution in [0.2, 0.25) is 0 Å². The molecule has 0 aromatic heterocycles. The quantitative estimate of drug-likeness (QED) is 0.661. The molecule has 3 heterocycles. The lowest BCUT2D eigenvalue weighted by molar-refractivity contribution is -0.130. The zero-order valence-electron chi connectivity index (χ0n) is 10.8. The van der Waals surface area contributed by atoms with Crippen molar-refractivity contribution < 1.29 is 9.59 Å². The number of carbonyl (C=O) groups excluding carboxylic acids is 2. The summed E-state index contributed by atoms with van der Waals surface area (Å²) in [5.74, 6) is -0.0759. The minimum absolute atomic E-state index is 0.0759. The molecule has 0 radical (unpaired) electrons. The van der Waals surface area contributed by atoms with Gasteiger partial charge in [0.2, 0.25) is 5.91 Å². The van der Waals surface area contributed by atoms with Crippen molar-refractivity contribution in [2.45, 2.75) is 24.9 Å². The Kier molecular flexibility index (Phi) is 2.99. The van der Waals surface area contributed by atoms with Gasteiger partial charge in [0, 0.05) is 19.1 Å². The number of urea groups is 1. The minimum Gasteiger partial charge on any atom is -0.329 e. The van der Waals surface area contributed by atoms with E-state index >= 15 is 0 Å². The molecule has 0 unspecified atom stereocenters. The van der Waals surface area contributed by atoms with Gasteiger partial charge >= 0.3 is 6.03 Å². The third-order valence-corrected chi connectivity index (χ3v) is 4.34. The van der Waals surface area contributed by atoms with Gasteiger partial charge in [-0.15, -0.1) is 0 Å². The molecule has 0 atom stereocenters. The summed E-state index contributed by atoms with van der Waals surface area (Å²) < 4.78 is 0. The van der Waals surface area contributed by atoms with Crippen LogP contribution in [0.3, 0.4) is 0 Å². The SMILES string of the molecule is CN1CCC(N2CC(N3C(=O)CNC3=O)C2)CC1. The highest BCUT2D eigenvalue weighted by Crippen LogP contribution is 2.24. The standard InChI is InChI=1S/C12H20N4O2/c1-14-4-2-9(3-5-14)15-7-10(8-15)16-11(17)6-13-12(16)18/h9-10H,2-8H2,1H3,(H,13,18). The van der Waals surface area contributed by atoms with Gasteiger partial charge in [0.1, 0.15) is 0 Å². The summed E-state index contributed by atoms with van der Waals surface area (Å²) in [5, 5.41) is 2.58. The molecule has 100 valence electrons. The Balaban J connectivity index is 1.51. The van der Waals surface area contributed by atoms with E-state index in [-0.39, 0.29) is 24.5 Å². The van der Waals surface area contributed by atoms with Crippen molar-refractivity contribution in [1.82, 2.24) is 20.0 Å². The lowest BCUT2D eigenvalue weighted by Gasteiger charge is -2.48. The van der Waals surface area contributed by atoms with Gasteiger partial charge in [-0.05, 0) is 33.0 Å².